The molecule has 0 unspecified atom stereocenters. The zero-order valence-electron chi connectivity index (χ0n) is 18.5. The molecule has 3 heterocycles. The van der Waals surface area contributed by atoms with Crippen LogP contribution in [-0.4, -0.2) is 76.2 Å². The standard InChI is InChI=1S/C24H30N4O4/c1-16-14-19(16)21(30)27-11-5-8-18(15-27)28-22(31)24(25-23(28)32)9-12-26(13-10-24)20(29)17-6-3-2-4-7-17/h2-4,6-7,16,18-19H,5,8-15H2,1H3,(H,25,32)/t16-,18+,19+/m1/s1. The second-order valence-corrected chi connectivity index (χ2v) is 9.75. The summed E-state index contributed by atoms with van der Waals surface area (Å²) in [5.41, 5.74) is -0.314. The molecule has 4 fully saturated rings. The Hall–Kier alpha value is -2.90. The van der Waals surface area contributed by atoms with Crippen molar-refractivity contribution in [1.82, 2.24) is 20.0 Å². The number of likely N-dealkylation sites (tertiary alicyclic amines) is 2. The summed E-state index contributed by atoms with van der Waals surface area (Å²) in [7, 11) is 0. The number of carbonyl (C=O) groups excluding carboxylic acids is 4. The molecule has 170 valence electrons. The molecule has 3 aliphatic heterocycles. The molecule has 1 aliphatic carbocycles. The van der Waals surface area contributed by atoms with Gasteiger partial charge in [0, 0.05) is 37.7 Å². The lowest BCUT2D eigenvalue weighted by molar-refractivity contribution is -0.139. The van der Waals surface area contributed by atoms with Crippen LogP contribution < -0.4 is 5.32 Å². The van der Waals surface area contributed by atoms with Crippen LogP contribution >= 0.6 is 0 Å². The van der Waals surface area contributed by atoms with E-state index in [1.165, 1.54) is 4.90 Å². The fraction of sp³-hybridized carbons (Fsp3) is 0.583. The van der Waals surface area contributed by atoms with E-state index in [1.54, 1.807) is 17.0 Å². The second kappa shape index (κ2) is 7.90. The molecule has 0 aromatic heterocycles. The molecule has 3 atom stereocenters. The summed E-state index contributed by atoms with van der Waals surface area (Å²) in [6.07, 6.45) is 3.26. The zero-order valence-corrected chi connectivity index (χ0v) is 18.5. The minimum atomic E-state index is -0.943. The number of piperidine rings is 2. The van der Waals surface area contributed by atoms with Crippen molar-refractivity contribution in [2.75, 3.05) is 26.2 Å². The molecule has 5 amide bonds. The molecule has 1 saturated carbocycles. The molecule has 32 heavy (non-hydrogen) atoms. The van der Waals surface area contributed by atoms with Crippen LogP contribution in [0.15, 0.2) is 30.3 Å². The number of benzene rings is 1. The van der Waals surface area contributed by atoms with Gasteiger partial charge in [0.2, 0.25) is 5.91 Å². The van der Waals surface area contributed by atoms with E-state index in [4.69, 9.17) is 0 Å². The summed E-state index contributed by atoms with van der Waals surface area (Å²) >= 11 is 0. The van der Waals surface area contributed by atoms with E-state index >= 15 is 0 Å². The van der Waals surface area contributed by atoms with Gasteiger partial charge in [-0.2, -0.15) is 0 Å². The maximum Gasteiger partial charge on any atom is 0.325 e. The third kappa shape index (κ3) is 3.55. The van der Waals surface area contributed by atoms with Crippen molar-refractivity contribution < 1.29 is 19.2 Å². The molecule has 0 radical (unpaired) electrons. The van der Waals surface area contributed by atoms with Gasteiger partial charge in [-0.15, -0.1) is 0 Å². The van der Waals surface area contributed by atoms with Crippen LogP contribution in [-0.2, 0) is 9.59 Å². The lowest BCUT2D eigenvalue weighted by atomic mass is 9.86. The Morgan fingerprint density at radius 3 is 2.38 bits per heavy atom. The summed E-state index contributed by atoms with van der Waals surface area (Å²) in [6, 6.07) is 8.47. The highest BCUT2D eigenvalue weighted by molar-refractivity contribution is 6.07. The Morgan fingerprint density at radius 1 is 1.03 bits per heavy atom. The fourth-order valence-corrected chi connectivity index (χ4v) is 5.43. The summed E-state index contributed by atoms with van der Waals surface area (Å²) in [4.78, 5) is 56.7. The first-order chi connectivity index (χ1) is 15.4. The number of hydrogen-bond donors (Lipinski definition) is 1. The van der Waals surface area contributed by atoms with Crippen molar-refractivity contribution in [1.29, 1.82) is 0 Å². The van der Waals surface area contributed by atoms with E-state index < -0.39 is 5.54 Å². The predicted molar refractivity (Wildman–Crippen MR) is 117 cm³/mol. The quantitative estimate of drug-likeness (QED) is 0.730. The van der Waals surface area contributed by atoms with E-state index in [-0.39, 0.29) is 35.7 Å². The molecule has 3 saturated heterocycles. The Morgan fingerprint density at radius 2 is 1.72 bits per heavy atom. The minimum Gasteiger partial charge on any atom is -0.340 e. The van der Waals surface area contributed by atoms with Crippen LogP contribution in [0, 0.1) is 11.8 Å². The monoisotopic (exact) mass is 438 g/mol. The molecular weight excluding hydrogens is 408 g/mol. The van der Waals surface area contributed by atoms with Crippen LogP contribution in [0.5, 0.6) is 0 Å². The SMILES string of the molecule is C[C@@H]1C[C@@H]1C(=O)N1CCC[C@H](N2C(=O)NC3(CCN(C(=O)c4ccccc4)CC3)C2=O)C1. The summed E-state index contributed by atoms with van der Waals surface area (Å²) in [6.45, 7) is 4.05. The lowest BCUT2D eigenvalue weighted by Gasteiger charge is -2.39. The van der Waals surface area contributed by atoms with E-state index in [9.17, 15) is 19.2 Å². The Kier molecular flexibility index (Phi) is 5.18. The molecule has 0 bridgehead atoms. The lowest BCUT2D eigenvalue weighted by Crippen LogP contribution is -2.57. The van der Waals surface area contributed by atoms with Gasteiger partial charge < -0.3 is 15.1 Å². The molecule has 4 aliphatic rings. The van der Waals surface area contributed by atoms with Gasteiger partial charge >= 0.3 is 6.03 Å². The number of urea groups is 1. The molecule has 1 aromatic carbocycles. The zero-order chi connectivity index (χ0) is 22.5. The van der Waals surface area contributed by atoms with E-state index in [0.29, 0.717) is 50.5 Å². The van der Waals surface area contributed by atoms with Gasteiger partial charge in [0.1, 0.15) is 5.54 Å². The predicted octanol–water partition coefficient (Wildman–Crippen LogP) is 1.86. The summed E-state index contributed by atoms with van der Waals surface area (Å²) in [5.74, 6) is 0.455. The Balaban J connectivity index is 1.24. The fourth-order valence-electron chi connectivity index (χ4n) is 5.43. The van der Waals surface area contributed by atoms with E-state index in [1.807, 2.05) is 23.1 Å². The van der Waals surface area contributed by atoms with Gasteiger partial charge in [0.25, 0.3) is 11.8 Å². The number of nitrogens with zero attached hydrogens (tertiary/aromatic N) is 3. The number of rotatable bonds is 3. The molecule has 5 rings (SSSR count). The number of amides is 5. The first kappa shape index (κ1) is 21.0. The largest absolute Gasteiger partial charge is 0.340 e. The molecule has 1 N–H and O–H groups in total. The molecule has 8 heteroatoms. The number of nitrogens with one attached hydrogen (secondary N) is 1. The molecule has 8 nitrogen and oxygen atoms in total. The van der Waals surface area contributed by atoms with Crippen molar-refractivity contribution in [3.8, 4) is 0 Å². The van der Waals surface area contributed by atoms with Crippen LogP contribution in [0.25, 0.3) is 0 Å². The average Bonchev–Trinajstić information content (AvgIpc) is 3.50. The van der Waals surface area contributed by atoms with Crippen LogP contribution in [0.1, 0.15) is 49.4 Å². The average molecular weight is 439 g/mol. The van der Waals surface area contributed by atoms with Gasteiger partial charge in [-0.3, -0.25) is 19.3 Å². The molecular formula is C24H30N4O4. The Labute approximate surface area is 187 Å². The second-order valence-electron chi connectivity index (χ2n) is 9.75. The number of carbonyl (C=O) groups is 4. The third-order valence-electron chi connectivity index (χ3n) is 7.62. The normalized spacial score (nSPS) is 29.3. The van der Waals surface area contributed by atoms with E-state index in [0.717, 1.165) is 19.3 Å². The van der Waals surface area contributed by atoms with E-state index in [2.05, 4.69) is 12.2 Å². The van der Waals surface area contributed by atoms with Gasteiger partial charge in [0.15, 0.2) is 0 Å². The number of hydrogen-bond acceptors (Lipinski definition) is 4. The highest BCUT2D eigenvalue weighted by Gasteiger charge is 2.55. The molecule has 1 aromatic rings. The maximum atomic E-state index is 13.4. The van der Waals surface area contributed by atoms with Gasteiger partial charge in [-0.05, 0) is 50.2 Å². The van der Waals surface area contributed by atoms with Gasteiger partial charge in [0.05, 0.1) is 6.04 Å². The van der Waals surface area contributed by atoms with Crippen LogP contribution in [0.3, 0.4) is 0 Å². The third-order valence-corrected chi connectivity index (χ3v) is 7.62. The van der Waals surface area contributed by atoms with Crippen molar-refractivity contribution in [2.24, 2.45) is 11.8 Å². The first-order valence-corrected chi connectivity index (χ1v) is 11.7. The van der Waals surface area contributed by atoms with Crippen molar-refractivity contribution >= 4 is 23.8 Å². The number of imide groups is 1. The smallest absolute Gasteiger partial charge is 0.325 e. The summed E-state index contributed by atoms with van der Waals surface area (Å²) in [5, 5.41) is 2.95. The highest BCUT2D eigenvalue weighted by atomic mass is 16.2. The minimum absolute atomic E-state index is 0.0511. The van der Waals surface area contributed by atoms with Crippen LogP contribution in [0.4, 0.5) is 4.79 Å². The van der Waals surface area contributed by atoms with Crippen molar-refractivity contribution in [3.63, 3.8) is 0 Å². The van der Waals surface area contributed by atoms with Gasteiger partial charge in [-0.25, -0.2) is 4.79 Å². The van der Waals surface area contributed by atoms with Crippen molar-refractivity contribution in [2.45, 2.75) is 50.6 Å². The Bertz CT molecular complexity index is 941. The first-order valence-electron chi connectivity index (χ1n) is 11.7. The van der Waals surface area contributed by atoms with Gasteiger partial charge in [-0.1, -0.05) is 25.1 Å². The van der Waals surface area contributed by atoms with Crippen molar-refractivity contribution in [3.05, 3.63) is 35.9 Å². The topological polar surface area (TPSA) is 90.0 Å². The summed E-state index contributed by atoms with van der Waals surface area (Å²) < 4.78 is 0. The maximum absolute atomic E-state index is 13.4. The highest BCUT2D eigenvalue weighted by Crippen LogP contribution is 2.40. The molecule has 1 spiro atoms. The van der Waals surface area contributed by atoms with Crippen LogP contribution in [0.2, 0.25) is 0 Å².